The van der Waals surface area contributed by atoms with E-state index in [9.17, 15) is 4.79 Å². The summed E-state index contributed by atoms with van der Waals surface area (Å²) in [6, 6.07) is 16.3. The van der Waals surface area contributed by atoms with Crippen LogP contribution in [0.4, 0.5) is 5.69 Å². The van der Waals surface area contributed by atoms with Crippen molar-refractivity contribution in [2.75, 3.05) is 18.4 Å². The molecule has 130 valence electrons. The molecule has 0 bridgehead atoms. The standard InChI is InChI=1S/C22H26N2O/c25-22(23-21-12-10-19(11-13-21)18-8-9-18)20-6-4-17(5-7-20)16-24-14-2-1-3-15-24/h4-7,10-13,18H,1-3,8-9,14-16H2,(H,23,25). The van der Waals surface area contributed by atoms with Crippen molar-refractivity contribution in [2.45, 2.75) is 44.6 Å². The van der Waals surface area contributed by atoms with Gasteiger partial charge in [-0.15, -0.1) is 0 Å². The van der Waals surface area contributed by atoms with Crippen LogP contribution in [0.3, 0.4) is 0 Å². The highest BCUT2D eigenvalue weighted by Gasteiger charge is 2.23. The third-order valence-corrected chi connectivity index (χ3v) is 5.29. The summed E-state index contributed by atoms with van der Waals surface area (Å²) in [7, 11) is 0. The fraction of sp³-hybridized carbons (Fsp3) is 0.409. The molecule has 0 radical (unpaired) electrons. The van der Waals surface area contributed by atoms with Crippen LogP contribution in [0.15, 0.2) is 48.5 Å². The Morgan fingerprint density at radius 1 is 0.920 bits per heavy atom. The molecule has 3 heteroatoms. The Labute approximate surface area is 150 Å². The molecule has 0 atom stereocenters. The number of hydrogen-bond acceptors (Lipinski definition) is 2. The Morgan fingerprint density at radius 3 is 2.24 bits per heavy atom. The lowest BCUT2D eigenvalue weighted by Gasteiger charge is -2.26. The number of hydrogen-bond donors (Lipinski definition) is 1. The smallest absolute Gasteiger partial charge is 0.255 e. The maximum Gasteiger partial charge on any atom is 0.255 e. The van der Waals surface area contributed by atoms with Gasteiger partial charge in [0, 0.05) is 17.8 Å². The zero-order valence-corrected chi connectivity index (χ0v) is 14.7. The number of nitrogens with zero attached hydrogens (tertiary/aromatic N) is 1. The monoisotopic (exact) mass is 334 g/mol. The first-order valence-electron chi connectivity index (χ1n) is 9.50. The van der Waals surface area contributed by atoms with Gasteiger partial charge in [0.15, 0.2) is 0 Å². The molecule has 1 N–H and O–H groups in total. The molecule has 0 aromatic heterocycles. The summed E-state index contributed by atoms with van der Waals surface area (Å²) in [5.74, 6) is 0.709. The second-order valence-corrected chi connectivity index (χ2v) is 7.38. The molecule has 0 spiro atoms. The van der Waals surface area contributed by atoms with E-state index < -0.39 is 0 Å². The Hall–Kier alpha value is -2.13. The van der Waals surface area contributed by atoms with Crippen LogP contribution in [-0.4, -0.2) is 23.9 Å². The highest BCUT2D eigenvalue weighted by Crippen LogP contribution is 2.40. The molecule has 2 aliphatic rings. The molecule has 1 saturated carbocycles. The van der Waals surface area contributed by atoms with E-state index in [0.29, 0.717) is 5.56 Å². The molecule has 1 aliphatic carbocycles. The predicted octanol–water partition coefficient (Wildman–Crippen LogP) is 4.80. The summed E-state index contributed by atoms with van der Waals surface area (Å²) in [4.78, 5) is 14.9. The molecule has 1 amide bonds. The number of rotatable bonds is 5. The van der Waals surface area contributed by atoms with Crippen LogP contribution in [-0.2, 0) is 6.54 Å². The molecule has 3 nitrogen and oxygen atoms in total. The van der Waals surface area contributed by atoms with Gasteiger partial charge in [-0.3, -0.25) is 9.69 Å². The molecule has 2 aromatic carbocycles. The number of benzene rings is 2. The Morgan fingerprint density at radius 2 is 1.60 bits per heavy atom. The van der Waals surface area contributed by atoms with E-state index in [2.05, 4.69) is 34.5 Å². The van der Waals surface area contributed by atoms with Crippen molar-refractivity contribution in [3.05, 3.63) is 65.2 Å². The predicted molar refractivity (Wildman–Crippen MR) is 102 cm³/mol. The van der Waals surface area contributed by atoms with E-state index in [-0.39, 0.29) is 5.91 Å². The van der Waals surface area contributed by atoms with Gasteiger partial charge in [0.05, 0.1) is 0 Å². The first-order chi connectivity index (χ1) is 12.3. The topological polar surface area (TPSA) is 32.3 Å². The van der Waals surface area contributed by atoms with Gasteiger partial charge in [-0.1, -0.05) is 30.7 Å². The summed E-state index contributed by atoms with van der Waals surface area (Å²) < 4.78 is 0. The average molecular weight is 334 g/mol. The maximum absolute atomic E-state index is 12.4. The Balaban J connectivity index is 1.34. The van der Waals surface area contributed by atoms with Crippen LogP contribution in [0.2, 0.25) is 0 Å². The highest BCUT2D eigenvalue weighted by molar-refractivity contribution is 6.04. The second-order valence-electron chi connectivity index (χ2n) is 7.38. The summed E-state index contributed by atoms with van der Waals surface area (Å²) in [5.41, 5.74) is 4.26. The van der Waals surface area contributed by atoms with Crippen molar-refractivity contribution < 1.29 is 4.79 Å². The molecule has 25 heavy (non-hydrogen) atoms. The van der Waals surface area contributed by atoms with Gasteiger partial charge >= 0.3 is 0 Å². The zero-order valence-electron chi connectivity index (χ0n) is 14.7. The summed E-state index contributed by atoms with van der Waals surface area (Å²) in [5, 5.41) is 3.00. The van der Waals surface area contributed by atoms with Crippen LogP contribution < -0.4 is 5.32 Å². The molecule has 0 unspecified atom stereocenters. The lowest BCUT2D eigenvalue weighted by molar-refractivity contribution is 0.102. The summed E-state index contributed by atoms with van der Waals surface area (Å²) in [6.07, 6.45) is 6.57. The van der Waals surface area contributed by atoms with Crippen LogP contribution in [0, 0.1) is 0 Å². The van der Waals surface area contributed by atoms with Gasteiger partial charge in [0.1, 0.15) is 0 Å². The third-order valence-electron chi connectivity index (χ3n) is 5.29. The van der Waals surface area contributed by atoms with Gasteiger partial charge in [0.25, 0.3) is 5.91 Å². The van der Waals surface area contributed by atoms with E-state index in [1.807, 2.05) is 24.3 Å². The number of carbonyl (C=O) groups excluding carboxylic acids is 1. The minimum atomic E-state index is -0.0382. The van der Waals surface area contributed by atoms with Gasteiger partial charge in [-0.05, 0) is 80.1 Å². The molecular formula is C22H26N2O. The molecule has 2 aromatic rings. The van der Waals surface area contributed by atoms with Gasteiger partial charge in [-0.25, -0.2) is 0 Å². The van der Waals surface area contributed by atoms with Crippen molar-refractivity contribution in [1.82, 2.24) is 4.90 Å². The van der Waals surface area contributed by atoms with E-state index in [1.165, 1.54) is 56.3 Å². The van der Waals surface area contributed by atoms with Crippen molar-refractivity contribution in [3.8, 4) is 0 Å². The van der Waals surface area contributed by atoms with E-state index in [1.54, 1.807) is 0 Å². The number of nitrogens with one attached hydrogen (secondary N) is 1. The number of likely N-dealkylation sites (tertiary alicyclic amines) is 1. The first kappa shape index (κ1) is 16.3. The first-order valence-corrected chi connectivity index (χ1v) is 9.50. The zero-order chi connectivity index (χ0) is 17.1. The van der Waals surface area contributed by atoms with Crippen molar-refractivity contribution in [1.29, 1.82) is 0 Å². The third kappa shape index (κ3) is 4.29. The SMILES string of the molecule is O=C(Nc1ccc(C2CC2)cc1)c1ccc(CN2CCCCC2)cc1. The molecule has 1 heterocycles. The maximum atomic E-state index is 12.4. The second kappa shape index (κ2) is 7.40. The van der Waals surface area contributed by atoms with Gasteiger partial charge in [-0.2, -0.15) is 0 Å². The average Bonchev–Trinajstić information content (AvgIpc) is 3.49. The minimum Gasteiger partial charge on any atom is -0.322 e. The Kier molecular flexibility index (Phi) is 4.84. The van der Waals surface area contributed by atoms with Crippen molar-refractivity contribution in [3.63, 3.8) is 0 Å². The lowest BCUT2D eigenvalue weighted by Crippen LogP contribution is -2.29. The summed E-state index contributed by atoms with van der Waals surface area (Å²) in [6.45, 7) is 3.38. The Bertz CT molecular complexity index is 711. The number of carbonyl (C=O) groups is 1. The van der Waals surface area contributed by atoms with Crippen molar-refractivity contribution in [2.24, 2.45) is 0 Å². The van der Waals surface area contributed by atoms with Crippen LogP contribution >= 0.6 is 0 Å². The minimum absolute atomic E-state index is 0.0382. The fourth-order valence-electron chi connectivity index (χ4n) is 3.60. The van der Waals surface area contributed by atoms with Crippen LogP contribution in [0.1, 0.15) is 59.5 Å². The number of piperidine rings is 1. The molecular weight excluding hydrogens is 308 g/mol. The lowest BCUT2D eigenvalue weighted by atomic mass is 10.1. The molecule has 4 rings (SSSR count). The quantitative estimate of drug-likeness (QED) is 0.851. The number of anilines is 1. The molecule has 2 fully saturated rings. The highest BCUT2D eigenvalue weighted by atomic mass is 16.1. The molecule has 1 aliphatic heterocycles. The van der Waals surface area contributed by atoms with Gasteiger partial charge < -0.3 is 5.32 Å². The van der Waals surface area contributed by atoms with E-state index >= 15 is 0 Å². The number of amides is 1. The molecule has 1 saturated heterocycles. The van der Waals surface area contributed by atoms with Crippen LogP contribution in [0.25, 0.3) is 0 Å². The van der Waals surface area contributed by atoms with Gasteiger partial charge in [0.2, 0.25) is 0 Å². The normalized spacial score (nSPS) is 18.1. The largest absolute Gasteiger partial charge is 0.322 e. The van der Waals surface area contributed by atoms with Crippen LogP contribution in [0.5, 0.6) is 0 Å². The summed E-state index contributed by atoms with van der Waals surface area (Å²) >= 11 is 0. The fourth-order valence-corrected chi connectivity index (χ4v) is 3.60. The van der Waals surface area contributed by atoms with E-state index in [0.717, 1.165) is 18.2 Å². The van der Waals surface area contributed by atoms with Crippen molar-refractivity contribution >= 4 is 11.6 Å². The van der Waals surface area contributed by atoms with E-state index in [4.69, 9.17) is 0 Å².